The summed E-state index contributed by atoms with van der Waals surface area (Å²) >= 11 is 0. The summed E-state index contributed by atoms with van der Waals surface area (Å²) in [5.41, 5.74) is 4.80. The SMILES string of the molecule is CS(=O)(=O)c1ccc(C(N)C(=O)O)c(O)c1F. The molecule has 0 aliphatic carbocycles. The number of sulfone groups is 1. The fourth-order valence-electron chi connectivity index (χ4n) is 1.23. The Labute approximate surface area is 96.4 Å². The van der Waals surface area contributed by atoms with Crippen molar-refractivity contribution < 1.29 is 27.8 Å². The first-order chi connectivity index (χ1) is 7.66. The molecule has 17 heavy (non-hydrogen) atoms. The van der Waals surface area contributed by atoms with Gasteiger partial charge in [-0.2, -0.15) is 0 Å². The van der Waals surface area contributed by atoms with E-state index in [0.29, 0.717) is 0 Å². The summed E-state index contributed by atoms with van der Waals surface area (Å²) in [4.78, 5) is 9.86. The first-order valence-corrected chi connectivity index (χ1v) is 6.25. The molecule has 94 valence electrons. The van der Waals surface area contributed by atoms with Crippen LogP contribution in [0.25, 0.3) is 0 Å². The van der Waals surface area contributed by atoms with Gasteiger partial charge in [-0.25, -0.2) is 12.8 Å². The first kappa shape index (κ1) is 13.4. The summed E-state index contributed by atoms with van der Waals surface area (Å²) in [5.74, 6) is -3.93. The summed E-state index contributed by atoms with van der Waals surface area (Å²) in [6.45, 7) is 0. The van der Waals surface area contributed by atoms with E-state index in [2.05, 4.69) is 0 Å². The van der Waals surface area contributed by atoms with Gasteiger partial charge in [-0.15, -0.1) is 0 Å². The standard InChI is InChI=1S/C9H10FNO5S/c1-17(15,16)5-3-2-4(7(11)9(13)14)8(12)6(5)10/h2-3,7,12H,11H2,1H3,(H,13,14). The van der Waals surface area contributed by atoms with Gasteiger partial charge in [0.1, 0.15) is 10.9 Å². The van der Waals surface area contributed by atoms with Gasteiger partial charge in [0.15, 0.2) is 21.4 Å². The van der Waals surface area contributed by atoms with Crippen molar-refractivity contribution in [1.82, 2.24) is 0 Å². The molecule has 0 saturated carbocycles. The van der Waals surface area contributed by atoms with Crippen LogP contribution in [0.15, 0.2) is 17.0 Å². The molecule has 0 aliphatic heterocycles. The topological polar surface area (TPSA) is 118 Å². The molecule has 1 aromatic rings. The molecule has 1 aromatic carbocycles. The second kappa shape index (κ2) is 4.30. The molecule has 1 unspecified atom stereocenters. The van der Waals surface area contributed by atoms with Crippen molar-refractivity contribution in [2.24, 2.45) is 5.73 Å². The average molecular weight is 263 g/mol. The van der Waals surface area contributed by atoms with E-state index >= 15 is 0 Å². The highest BCUT2D eigenvalue weighted by Crippen LogP contribution is 2.30. The lowest BCUT2D eigenvalue weighted by Crippen LogP contribution is -2.21. The number of rotatable bonds is 3. The lowest BCUT2D eigenvalue weighted by molar-refractivity contribution is -0.138. The Morgan fingerprint density at radius 2 is 2.00 bits per heavy atom. The Hall–Kier alpha value is -1.67. The molecule has 0 heterocycles. The number of phenols is 1. The summed E-state index contributed by atoms with van der Waals surface area (Å²) in [5, 5.41) is 18.0. The number of carbonyl (C=O) groups is 1. The predicted molar refractivity (Wildman–Crippen MR) is 55.7 cm³/mol. The lowest BCUT2D eigenvalue weighted by atomic mass is 10.1. The Kier molecular flexibility index (Phi) is 3.39. The van der Waals surface area contributed by atoms with Gasteiger partial charge in [-0.1, -0.05) is 6.07 Å². The van der Waals surface area contributed by atoms with E-state index in [0.717, 1.165) is 18.4 Å². The first-order valence-electron chi connectivity index (χ1n) is 4.36. The molecule has 8 heteroatoms. The van der Waals surface area contributed by atoms with Crippen LogP contribution in [-0.2, 0) is 14.6 Å². The summed E-state index contributed by atoms with van der Waals surface area (Å²) < 4.78 is 35.7. The van der Waals surface area contributed by atoms with Gasteiger partial charge in [-0.05, 0) is 6.07 Å². The number of benzene rings is 1. The average Bonchev–Trinajstić information content (AvgIpc) is 2.19. The molecule has 4 N–H and O–H groups in total. The highest BCUT2D eigenvalue weighted by Gasteiger charge is 2.25. The molecule has 0 aromatic heterocycles. The maximum atomic E-state index is 13.5. The minimum Gasteiger partial charge on any atom is -0.505 e. The Morgan fingerprint density at radius 3 is 2.41 bits per heavy atom. The number of halogens is 1. The van der Waals surface area contributed by atoms with E-state index in [9.17, 15) is 22.7 Å². The molecular formula is C9H10FNO5S. The van der Waals surface area contributed by atoms with E-state index < -0.39 is 38.3 Å². The number of carboxylic acid groups (broad SMARTS) is 1. The molecule has 6 nitrogen and oxygen atoms in total. The van der Waals surface area contributed by atoms with Crippen LogP contribution in [0.4, 0.5) is 4.39 Å². The molecule has 0 radical (unpaired) electrons. The normalized spacial score (nSPS) is 13.4. The van der Waals surface area contributed by atoms with E-state index in [4.69, 9.17) is 10.8 Å². The van der Waals surface area contributed by atoms with Crippen LogP contribution in [0.2, 0.25) is 0 Å². The number of phenolic OH excluding ortho intramolecular Hbond substituents is 1. The molecule has 0 amide bonds. The second-order valence-corrected chi connectivity index (χ2v) is 5.39. The van der Waals surface area contributed by atoms with Crippen molar-refractivity contribution in [1.29, 1.82) is 0 Å². The van der Waals surface area contributed by atoms with Crippen molar-refractivity contribution in [3.05, 3.63) is 23.5 Å². The van der Waals surface area contributed by atoms with Crippen LogP contribution < -0.4 is 5.73 Å². The van der Waals surface area contributed by atoms with Crippen LogP contribution in [0, 0.1) is 5.82 Å². The van der Waals surface area contributed by atoms with Crippen LogP contribution in [0.3, 0.4) is 0 Å². The van der Waals surface area contributed by atoms with Crippen LogP contribution in [-0.4, -0.2) is 30.9 Å². The van der Waals surface area contributed by atoms with Crippen molar-refractivity contribution in [3.63, 3.8) is 0 Å². The number of nitrogens with two attached hydrogens (primary N) is 1. The minimum absolute atomic E-state index is 0.387. The van der Waals surface area contributed by atoms with Gasteiger partial charge in [0.2, 0.25) is 0 Å². The zero-order valence-electron chi connectivity index (χ0n) is 8.71. The van der Waals surface area contributed by atoms with E-state index in [1.54, 1.807) is 0 Å². The third-order valence-electron chi connectivity index (χ3n) is 2.11. The van der Waals surface area contributed by atoms with Crippen molar-refractivity contribution in [2.45, 2.75) is 10.9 Å². The molecule has 1 rings (SSSR count). The molecular weight excluding hydrogens is 253 g/mol. The van der Waals surface area contributed by atoms with Gasteiger partial charge >= 0.3 is 5.97 Å². The van der Waals surface area contributed by atoms with Gasteiger partial charge in [0.25, 0.3) is 0 Å². The molecule has 0 saturated heterocycles. The van der Waals surface area contributed by atoms with E-state index in [1.165, 1.54) is 0 Å². The fraction of sp³-hybridized carbons (Fsp3) is 0.222. The lowest BCUT2D eigenvalue weighted by Gasteiger charge is -2.11. The fourth-order valence-corrected chi connectivity index (χ4v) is 1.97. The zero-order valence-corrected chi connectivity index (χ0v) is 9.53. The van der Waals surface area contributed by atoms with Crippen LogP contribution >= 0.6 is 0 Å². The highest BCUT2D eigenvalue weighted by atomic mass is 32.2. The smallest absolute Gasteiger partial charge is 0.325 e. The Balaban J connectivity index is 3.45. The maximum absolute atomic E-state index is 13.5. The van der Waals surface area contributed by atoms with Crippen LogP contribution in [0.1, 0.15) is 11.6 Å². The van der Waals surface area contributed by atoms with Gasteiger partial charge in [-0.3, -0.25) is 4.79 Å². The van der Waals surface area contributed by atoms with Crippen molar-refractivity contribution in [3.8, 4) is 5.75 Å². The molecule has 0 spiro atoms. The number of hydrogen-bond donors (Lipinski definition) is 3. The van der Waals surface area contributed by atoms with Crippen molar-refractivity contribution in [2.75, 3.05) is 6.26 Å². The Bertz CT molecular complexity index is 569. The van der Waals surface area contributed by atoms with E-state index in [-0.39, 0.29) is 5.56 Å². The van der Waals surface area contributed by atoms with Gasteiger partial charge in [0.05, 0.1) is 0 Å². The van der Waals surface area contributed by atoms with Crippen LogP contribution in [0.5, 0.6) is 5.75 Å². The highest BCUT2D eigenvalue weighted by molar-refractivity contribution is 7.90. The summed E-state index contributed by atoms with van der Waals surface area (Å²) in [7, 11) is -3.84. The number of aliphatic carboxylic acids is 1. The summed E-state index contributed by atoms with van der Waals surface area (Å²) in [6, 6.07) is 0.203. The number of carboxylic acids is 1. The quantitative estimate of drug-likeness (QED) is 0.707. The third-order valence-corrected chi connectivity index (χ3v) is 3.23. The van der Waals surface area contributed by atoms with Gasteiger partial charge in [0, 0.05) is 11.8 Å². The zero-order chi connectivity index (χ0) is 13.4. The number of hydrogen-bond acceptors (Lipinski definition) is 5. The van der Waals surface area contributed by atoms with E-state index in [1.807, 2.05) is 0 Å². The largest absolute Gasteiger partial charge is 0.505 e. The predicted octanol–water partition coefficient (Wildman–Crippen LogP) is 0.0192. The second-order valence-electron chi connectivity index (χ2n) is 3.40. The summed E-state index contributed by atoms with van der Waals surface area (Å²) in [6.07, 6.45) is 0.766. The number of aromatic hydroxyl groups is 1. The molecule has 1 atom stereocenters. The molecule has 0 bridgehead atoms. The Morgan fingerprint density at radius 1 is 1.47 bits per heavy atom. The van der Waals surface area contributed by atoms with Crippen molar-refractivity contribution >= 4 is 15.8 Å². The third kappa shape index (κ3) is 2.53. The molecule has 0 fully saturated rings. The van der Waals surface area contributed by atoms with Gasteiger partial charge < -0.3 is 15.9 Å². The monoisotopic (exact) mass is 263 g/mol. The molecule has 0 aliphatic rings. The minimum atomic E-state index is -3.84. The maximum Gasteiger partial charge on any atom is 0.325 e.